The number of nitrogens with zero attached hydrogens (tertiary/aromatic N) is 2. The van der Waals surface area contributed by atoms with E-state index in [1.54, 1.807) is 13.2 Å². The Hall–Kier alpha value is -3.86. The summed E-state index contributed by atoms with van der Waals surface area (Å²) in [5.74, 6) is 0.385. The molecule has 0 N–H and O–H groups in total. The van der Waals surface area contributed by atoms with Crippen LogP contribution in [-0.2, 0) is 9.53 Å². The minimum Gasteiger partial charge on any atom is -0.497 e. The smallest absolute Gasteiger partial charge is 0.330 e. The van der Waals surface area contributed by atoms with Crippen molar-refractivity contribution in [1.82, 2.24) is 0 Å². The van der Waals surface area contributed by atoms with Crippen molar-refractivity contribution in [3.63, 3.8) is 0 Å². The van der Waals surface area contributed by atoms with Crippen molar-refractivity contribution < 1.29 is 14.3 Å². The highest BCUT2D eigenvalue weighted by Gasteiger charge is 2.45. The van der Waals surface area contributed by atoms with Crippen molar-refractivity contribution in [2.75, 3.05) is 18.7 Å². The molecule has 0 aromatic heterocycles. The predicted octanol–water partition coefficient (Wildman–Crippen LogP) is 5.57. The van der Waals surface area contributed by atoms with Gasteiger partial charge in [-0.05, 0) is 41.5 Å². The number of rotatable bonds is 7. The van der Waals surface area contributed by atoms with E-state index >= 15 is 0 Å². The van der Waals surface area contributed by atoms with E-state index in [-0.39, 0.29) is 24.0 Å². The van der Waals surface area contributed by atoms with Gasteiger partial charge in [-0.25, -0.2) is 4.79 Å². The highest BCUT2D eigenvalue weighted by molar-refractivity contribution is 6.07. The minimum atomic E-state index is -0.386. The Morgan fingerprint density at radius 1 is 0.970 bits per heavy atom. The number of methoxy groups -OCH3 is 1. The number of esters is 1. The number of carbonyl (C=O) groups is 1. The lowest BCUT2D eigenvalue weighted by Gasteiger charge is -2.32. The molecule has 0 bridgehead atoms. The van der Waals surface area contributed by atoms with Gasteiger partial charge in [-0.2, -0.15) is 5.10 Å². The number of hydrogen-bond acceptors (Lipinski definition) is 5. The maximum absolute atomic E-state index is 12.5. The molecular formula is C28H28N2O3. The van der Waals surface area contributed by atoms with E-state index in [2.05, 4.69) is 26.0 Å². The van der Waals surface area contributed by atoms with Gasteiger partial charge in [0.15, 0.2) is 0 Å². The topological polar surface area (TPSA) is 51.1 Å². The van der Waals surface area contributed by atoms with Gasteiger partial charge in [-0.3, -0.25) is 5.01 Å². The van der Waals surface area contributed by atoms with Crippen molar-refractivity contribution in [3.8, 4) is 5.75 Å². The molecule has 33 heavy (non-hydrogen) atoms. The predicted molar refractivity (Wildman–Crippen MR) is 132 cm³/mol. The maximum Gasteiger partial charge on any atom is 0.330 e. The first kappa shape index (κ1) is 22.3. The maximum atomic E-state index is 12.5. The van der Waals surface area contributed by atoms with Crippen LogP contribution in [0, 0.1) is 5.41 Å². The molecule has 5 nitrogen and oxygen atoms in total. The average molecular weight is 441 g/mol. The molecule has 1 heterocycles. The molecule has 4 rings (SSSR count). The lowest BCUT2D eigenvalue weighted by molar-refractivity contribution is -0.138. The molecule has 168 valence electrons. The van der Waals surface area contributed by atoms with Crippen molar-refractivity contribution in [3.05, 3.63) is 102 Å². The summed E-state index contributed by atoms with van der Waals surface area (Å²) in [5, 5.41) is 6.95. The number of anilines is 1. The van der Waals surface area contributed by atoms with Gasteiger partial charge in [-0.15, -0.1) is 0 Å². The van der Waals surface area contributed by atoms with Crippen LogP contribution in [0.15, 0.2) is 96.1 Å². The zero-order chi connectivity index (χ0) is 23.3. The normalized spacial score (nSPS) is 17.1. The highest BCUT2D eigenvalue weighted by Crippen LogP contribution is 2.39. The van der Waals surface area contributed by atoms with Gasteiger partial charge in [0.05, 0.1) is 24.6 Å². The Kier molecular flexibility index (Phi) is 6.59. The first-order valence-electron chi connectivity index (χ1n) is 11.0. The van der Waals surface area contributed by atoms with Crippen LogP contribution in [0.25, 0.3) is 6.08 Å². The molecule has 1 atom stereocenters. The Morgan fingerprint density at radius 3 is 2.24 bits per heavy atom. The first-order chi connectivity index (χ1) is 16.0. The van der Waals surface area contributed by atoms with Gasteiger partial charge >= 0.3 is 5.97 Å². The lowest BCUT2D eigenvalue weighted by atomic mass is 9.78. The van der Waals surface area contributed by atoms with E-state index in [4.69, 9.17) is 14.6 Å². The van der Waals surface area contributed by atoms with Crippen LogP contribution in [0.1, 0.15) is 25.0 Å². The third kappa shape index (κ3) is 4.98. The third-order valence-corrected chi connectivity index (χ3v) is 5.93. The Bertz CT molecular complexity index is 1140. The van der Waals surface area contributed by atoms with E-state index in [0.717, 1.165) is 28.3 Å². The molecular weight excluding hydrogens is 412 g/mol. The molecule has 0 saturated carbocycles. The van der Waals surface area contributed by atoms with Crippen LogP contribution in [0.4, 0.5) is 5.69 Å². The molecule has 0 aliphatic carbocycles. The van der Waals surface area contributed by atoms with Gasteiger partial charge in [0.2, 0.25) is 0 Å². The molecule has 1 aliphatic rings. The zero-order valence-corrected chi connectivity index (χ0v) is 19.1. The number of para-hydroxylation sites is 1. The van der Waals surface area contributed by atoms with E-state index in [1.165, 1.54) is 6.08 Å². The summed E-state index contributed by atoms with van der Waals surface area (Å²) in [6.45, 7) is 4.51. The summed E-state index contributed by atoms with van der Waals surface area (Å²) < 4.78 is 10.9. The second-order valence-electron chi connectivity index (χ2n) is 8.47. The van der Waals surface area contributed by atoms with Gasteiger partial charge in [0.25, 0.3) is 0 Å². The largest absolute Gasteiger partial charge is 0.497 e. The Balaban J connectivity index is 1.52. The van der Waals surface area contributed by atoms with Crippen LogP contribution in [0.2, 0.25) is 0 Å². The Labute approximate surface area is 195 Å². The van der Waals surface area contributed by atoms with Gasteiger partial charge in [0, 0.05) is 11.5 Å². The second-order valence-corrected chi connectivity index (χ2v) is 8.47. The molecule has 0 radical (unpaired) electrons. The fourth-order valence-corrected chi connectivity index (χ4v) is 3.98. The summed E-state index contributed by atoms with van der Waals surface area (Å²) in [5.41, 5.74) is 3.57. The van der Waals surface area contributed by atoms with E-state index in [0.29, 0.717) is 0 Å². The quantitative estimate of drug-likeness (QED) is 0.356. The molecule has 0 spiro atoms. The average Bonchev–Trinajstić information content (AvgIpc) is 3.12. The third-order valence-electron chi connectivity index (χ3n) is 5.93. The van der Waals surface area contributed by atoms with Crippen molar-refractivity contribution in [2.24, 2.45) is 10.5 Å². The summed E-state index contributed by atoms with van der Waals surface area (Å²) in [6.07, 6.45) is 3.19. The fraction of sp³-hybridized carbons (Fsp3) is 0.214. The summed E-state index contributed by atoms with van der Waals surface area (Å²) in [6, 6.07) is 27.5. The molecule has 0 fully saturated rings. The molecule has 0 amide bonds. The highest BCUT2D eigenvalue weighted by atomic mass is 16.5. The number of hydrogen-bond donors (Lipinski definition) is 0. The molecule has 5 heteroatoms. The standard InChI is InChI=1S/C28H28N2O3/c1-28(2)25(20-33-26(31)19-16-21-14-17-24(32-3)18-15-21)30(23-12-8-5-9-13-23)29-27(28)22-10-6-4-7-11-22/h4-19,25H,20H2,1-3H3/b19-16+. The van der Waals surface area contributed by atoms with Crippen LogP contribution in [0.3, 0.4) is 0 Å². The van der Waals surface area contributed by atoms with Gasteiger partial charge in [0.1, 0.15) is 12.4 Å². The monoisotopic (exact) mass is 440 g/mol. The number of carbonyl (C=O) groups excluding carboxylic acids is 1. The minimum absolute atomic E-state index is 0.145. The van der Waals surface area contributed by atoms with Gasteiger partial charge < -0.3 is 9.47 Å². The molecule has 3 aromatic carbocycles. The van der Waals surface area contributed by atoms with E-state index in [9.17, 15) is 4.79 Å². The SMILES string of the molecule is COc1ccc(/C=C/C(=O)OCC2N(c3ccccc3)N=C(c3ccccc3)C2(C)C)cc1. The number of hydrazone groups is 1. The van der Waals surface area contributed by atoms with Crippen molar-refractivity contribution in [2.45, 2.75) is 19.9 Å². The van der Waals surface area contributed by atoms with Crippen LogP contribution in [-0.4, -0.2) is 31.4 Å². The van der Waals surface area contributed by atoms with E-state index < -0.39 is 0 Å². The second kappa shape index (κ2) is 9.74. The fourth-order valence-electron chi connectivity index (χ4n) is 3.98. The molecule has 3 aromatic rings. The zero-order valence-electron chi connectivity index (χ0n) is 19.1. The van der Waals surface area contributed by atoms with E-state index in [1.807, 2.05) is 77.8 Å². The molecule has 1 aliphatic heterocycles. The first-order valence-corrected chi connectivity index (χ1v) is 11.0. The summed E-state index contributed by atoms with van der Waals surface area (Å²) >= 11 is 0. The van der Waals surface area contributed by atoms with Crippen LogP contribution >= 0.6 is 0 Å². The lowest BCUT2D eigenvalue weighted by Crippen LogP contribution is -2.44. The van der Waals surface area contributed by atoms with Crippen molar-refractivity contribution in [1.29, 1.82) is 0 Å². The van der Waals surface area contributed by atoms with Crippen LogP contribution < -0.4 is 9.75 Å². The Morgan fingerprint density at radius 2 is 1.61 bits per heavy atom. The number of benzene rings is 3. The molecule has 0 saturated heterocycles. The summed E-state index contributed by atoms with van der Waals surface area (Å²) in [4.78, 5) is 12.5. The van der Waals surface area contributed by atoms with Gasteiger partial charge in [-0.1, -0.05) is 74.5 Å². The number of ether oxygens (including phenoxy) is 2. The van der Waals surface area contributed by atoms with Crippen LogP contribution in [0.5, 0.6) is 5.75 Å². The summed E-state index contributed by atoms with van der Waals surface area (Å²) in [7, 11) is 1.62. The van der Waals surface area contributed by atoms with Crippen molar-refractivity contribution >= 4 is 23.4 Å². The molecule has 1 unspecified atom stereocenters.